The second-order valence-electron chi connectivity index (χ2n) is 9.13. The molecule has 0 spiro atoms. The van der Waals surface area contributed by atoms with Gasteiger partial charge in [-0.3, -0.25) is 4.79 Å². The average molecular weight is 518 g/mol. The van der Waals surface area contributed by atoms with E-state index in [0.29, 0.717) is 42.2 Å². The molecular formula is C29H35N5O4. The summed E-state index contributed by atoms with van der Waals surface area (Å²) in [6.07, 6.45) is 3.93. The number of rotatable bonds is 13. The van der Waals surface area contributed by atoms with Crippen molar-refractivity contribution < 1.29 is 14.6 Å². The van der Waals surface area contributed by atoms with E-state index in [9.17, 15) is 9.90 Å². The van der Waals surface area contributed by atoms with Crippen molar-refractivity contribution in [3.63, 3.8) is 0 Å². The largest absolute Gasteiger partial charge is 0.497 e. The zero-order valence-electron chi connectivity index (χ0n) is 22.1. The minimum Gasteiger partial charge on any atom is -0.497 e. The molecule has 4 aromatic rings. The number of methoxy groups -OCH3 is 2. The quantitative estimate of drug-likeness (QED) is 0.238. The maximum atomic E-state index is 12.8. The van der Waals surface area contributed by atoms with Gasteiger partial charge in [0.25, 0.3) is 5.56 Å². The van der Waals surface area contributed by atoms with Crippen molar-refractivity contribution in [1.82, 2.24) is 15.0 Å². The van der Waals surface area contributed by atoms with Crippen LogP contribution < -0.4 is 25.2 Å². The number of aromatic amines is 1. The molecule has 38 heavy (non-hydrogen) atoms. The van der Waals surface area contributed by atoms with E-state index in [2.05, 4.69) is 22.1 Å². The van der Waals surface area contributed by atoms with Crippen LogP contribution in [0.3, 0.4) is 0 Å². The van der Waals surface area contributed by atoms with Crippen LogP contribution in [-0.2, 0) is 13.1 Å². The number of anilines is 2. The first-order valence-corrected chi connectivity index (χ1v) is 12.8. The van der Waals surface area contributed by atoms with E-state index in [-0.39, 0.29) is 18.2 Å². The first kappa shape index (κ1) is 26.9. The molecular weight excluding hydrogens is 482 g/mol. The SMILES string of the molecule is CCCC(CCO)Nc1nc(N(Cc2ccc(OC)cc2)Cc2ccc(OC)cc2)nc2cc[nH]c(=O)c12. The molecule has 2 aromatic carbocycles. The Morgan fingerprint density at radius 1 is 0.921 bits per heavy atom. The van der Waals surface area contributed by atoms with Crippen LogP contribution in [0.4, 0.5) is 11.8 Å². The van der Waals surface area contributed by atoms with Crippen molar-refractivity contribution in [3.8, 4) is 11.5 Å². The van der Waals surface area contributed by atoms with E-state index in [1.165, 1.54) is 0 Å². The number of aromatic nitrogens is 3. The fraction of sp³-hybridized carbons (Fsp3) is 0.345. The van der Waals surface area contributed by atoms with Crippen molar-refractivity contribution in [2.75, 3.05) is 31.0 Å². The Bertz CT molecular complexity index is 1320. The van der Waals surface area contributed by atoms with Crippen LogP contribution in [0.1, 0.15) is 37.3 Å². The van der Waals surface area contributed by atoms with Gasteiger partial charge in [0.15, 0.2) is 0 Å². The highest BCUT2D eigenvalue weighted by Gasteiger charge is 2.19. The van der Waals surface area contributed by atoms with Gasteiger partial charge in [-0.25, -0.2) is 4.98 Å². The summed E-state index contributed by atoms with van der Waals surface area (Å²) in [7, 11) is 3.29. The Morgan fingerprint density at radius 3 is 2.05 bits per heavy atom. The van der Waals surface area contributed by atoms with Crippen LogP contribution >= 0.6 is 0 Å². The molecule has 2 heterocycles. The molecule has 1 unspecified atom stereocenters. The molecule has 1 atom stereocenters. The van der Waals surface area contributed by atoms with Crippen molar-refractivity contribution in [1.29, 1.82) is 0 Å². The number of nitrogens with one attached hydrogen (secondary N) is 2. The van der Waals surface area contributed by atoms with Crippen LogP contribution in [-0.4, -0.2) is 46.9 Å². The van der Waals surface area contributed by atoms with Crippen LogP contribution in [0.2, 0.25) is 0 Å². The third-order valence-corrected chi connectivity index (χ3v) is 6.41. The zero-order valence-corrected chi connectivity index (χ0v) is 22.1. The van der Waals surface area contributed by atoms with Gasteiger partial charge in [-0.05, 0) is 54.3 Å². The van der Waals surface area contributed by atoms with Gasteiger partial charge in [0.2, 0.25) is 5.95 Å². The monoisotopic (exact) mass is 517 g/mol. The van der Waals surface area contributed by atoms with Crippen molar-refractivity contribution in [3.05, 3.63) is 82.3 Å². The van der Waals surface area contributed by atoms with Gasteiger partial charge in [0.05, 0.1) is 19.7 Å². The fourth-order valence-electron chi connectivity index (χ4n) is 4.41. The Balaban J connectivity index is 1.77. The first-order valence-electron chi connectivity index (χ1n) is 12.8. The summed E-state index contributed by atoms with van der Waals surface area (Å²) in [5.74, 6) is 2.53. The zero-order chi connectivity index (χ0) is 26.9. The molecule has 0 amide bonds. The van der Waals surface area contributed by atoms with Gasteiger partial charge >= 0.3 is 0 Å². The maximum absolute atomic E-state index is 12.8. The number of aliphatic hydroxyl groups is 1. The van der Waals surface area contributed by atoms with E-state index in [1.807, 2.05) is 48.5 Å². The standard InChI is InChI=1S/C29H35N5O4/c1-4-5-22(15-17-35)31-27-26-25(14-16-30-28(26)36)32-29(33-27)34(18-20-6-10-23(37-2)11-7-20)19-21-8-12-24(38-3)13-9-21/h6-14,16,22,35H,4-5,15,17-19H2,1-3H3,(H,30,36)(H,31,32,33). The number of pyridine rings is 1. The second kappa shape index (κ2) is 12.9. The smallest absolute Gasteiger partial charge is 0.261 e. The third-order valence-electron chi connectivity index (χ3n) is 6.41. The molecule has 3 N–H and O–H groups in total. The lowest BCUT2D eigenvalue weighted by Crippen LogP contribution is -2.27. The predicted molar refractivity (Wildman–Crippen MR) is 150 cm³/mol. The lowest BCUT2D eigenvalue weighted by molar-refractivity contribution is 0.276. The van der Waals surface area contributed by atoms with E-state index < -0.39 is 0 Å². The van der Waals surface area contributed by atoms with E-state index in [0.717, 1.165) is 35.5 Å². The molecule has 0 fully saturated rings. The molecule has 0 saturated heterocycles. The summed E-state index contributed by atoms with van der Waals surface area (Å²) in [6, 6.07) is 17.6. The topological polar surface area (TPSA) is 113 Å². The van der Waals surface area contributed by atoms with Gasteiger partial charge < -0.3 is 29.8 Å². The van der Waals surface area contributed by atoms with Gasteiger partial charge in [-0.1, -0.05) is 37.6 Å². The molecule has 9 nitrogen and oxygen atoms in total. The fourth-order valence-corrected chi connectivity index (χ4v) is 4.41. The molecule has 2 aromatic heterocycles. The molecule has 0 aliphatic carbocycles. The number of hydrogen-bond donors (Lipinski definition) is 3. The molecule has 9 heteroatoms. The molecule has 0 saturated carbocycles. The van der Waals surface area contributed by atoms with Crippen molar-refractivity contribution in [2.24, 2.45) is 0 Å². The van der Waals surface area contributed by atoms with E-state index >= 15 is 0 Å². The number of ether oxygens (including phenoxy) is 2. The molecule has 0 bridgehead atoms. The van der Waals surface area contributed by atoms with Gasteiger partial charge in [-0.15, -0.1) is 0 Å². The highest BCUT2D eigenvalue weighted by atomic mass is 16.5. The number of hydrogen-bond acceptors (Lipinski definition) is 8. The summed E-state index contributed by atoms with van der Waals surface area (Å²) in [5, 5.41) is 13.4. The van der Waals surface area contributed by atoms with Crippen LogP contribution in [0.25, 0.3) is 10.9 Å². The van der Waals surface area contributed by atoms with E-state index in [1.54, 1.807) is 26.5 Å². The van der Waals surface area contributed by atoms with Crippen molar-refractivity contribution >= 4 is 22.7 Å². The van der Waals surface area contributed by atoms with E-state index in [4.69, 9.17) is 19.4 Å². The molecule has 200 valence electrons. The Morgan fingerprint density at radius 2 is 1.53 bits per heavy atom. The van der Waals surface area contributed by atoms with Gasteiger partial charge in [-0.2, -0.15) is 4.98 Å². The lowest BCUT2D eigenvalue weighted by Gasteiger charge is -2.25. The molecule has 0 radical (unpaired) electrons. The summed E-state index contributed by atoms with van der Waals surface area (Å²) < 4.78 is 10.6. The summed E-state index contributed by atoms with van der Waals surface area (Å²) in [6.45, 7) is 3.22. The molecule has 0 aliphatic heterocycles. The molecule has 0 aliphatic rings. The average Bonchev–Trinajstić information content (AvgIpc) is 2.93. The van der Waals surface area contributed by atoms with Gasteiger partial charge in [0.1, 0.15) is 22.7 Å². The highest BCUT2D eigenvalue weighted by molar-refractivity contribution is 5.89. The number of aliphatic hydroxyl groups excluding tert-OH is 1. The van der Waals surface area contributed by atoms with Gasteiger partial charge in [0, 0.05) is 31.9 Å². The number of nitrogens with zero attached hydrogens (tertiary/aromatic N) is 3. The normalized spacial score (nSPS) is 11.8. The maximum Gasteiger partial charge on any atom is 0.261 e. The predicted octanol–water partition coefficient (Wildman–Crippen LogP) is 4.51. The Kier molecular flexibility index (Phi) is 9.16. The summed E-state index contributed by atoms with van der Waals surface area (Å²) in [4.78, 5) is 27.3. The summed E-state index contributed by atoms with van der Waals surface area (Å²) >= 11 is 0. The lowest BCUT2D eigenvalue weighted by atomic mass is 10.1. The van der Waals surface area contributed by atoms with Crippen LogP contribution in [0.5, 0.6) is 11.5 Å². The third kappa shape index (κ3) is 6.60. The Labute approximate surface area is 222 Å². The number of H-pyrrole nitrogens is 1. The number of benzene rings is 2. The van der Waals surface area contributed by atoms with Crippen molar-refractivity contribution in [2.45, 2.75) is 45.3 Å². The second-order valence-corrected chi connectivity index (χ2v) is 9.13. The minimum absolute atomic E-state index is 0.0211. The van der Waals surface area contributed by atoms with Crippen LogP contribution in [0.15, 0.2) is 65.6 Å². The summed E-state index contributed by atoms with van der Waals surface area (Å²) in [5.41, 5.74) is 2.42. The van der Waals surface area contributed by atoms with Crippen LogP contribution in [0, 0.1) is 0 Å². The molecule has 4 rings (SSSR count). The minimum atomic E-state index is -0.257. The first-order chi connectivity index (χ1) is 18.5. The Hall–Kier alpha value is -4.11. The highest BCUT2D eigenvalue weighted by Crippen LogP contribution is 2.26. The number of fused-ring (bicyclic) bond motifs is 1.